The first kappa shape index (κ1) is 16.6. The highest BCUT2D eigenvalue weighted by molar-refractivity contribution is 5.92. The molecule has 0 spiro atoms. The van der Waals surface area contributed by atoms with Crippen molar-refractivity contribution in [3.8, 4) is 0 Å². The van der Waals surface area contributed by atoms with Gasteiger partial charge in [-0.05, 0) is 31.2 Å². The number of carbonyl (C=O) groups is 1. The van der Waals surface area contributed by atoms with Gasteiger partial charge in [0.15, 0.2) is 0 Å². The summed E-state index contributed by atoms with van der Waals surface area (Å²) in [5, 5.41) is 11.7. The molecule has 0 aliphatic heterocycles. The van der Waals surface area contributed by atoms with E-state index in [2.05, 4.69) is 12.2 Å². The maximum absolute atomic E-state index is 13.0. The lowest BCUT2D eigenvalue weighted by molar-refractivity contribution is -0.117. The maximum Gasteiger partial charge on any atom is 0.238 e. The van der Waals surface area contributed by atoms with Crippen LogP contribution in [0.4, 0.5) is 10.1 Å². The van der Waals surface area contributed by atoms with Crippen molar-refractivity contribution in [1.29, 1.82) is 0 Å². The molecule has 1 amide bonds. The van der Waals surface area contributed by atoms with E-state index in [0.717, 1.165) is 25.8 Å². The minimum Gasteiger partial charge on any atom is -0.395 e. The van der Waals surface area contributed by atoms with E-state index in [1.54, 1.807) is 12.1 Å². The average Bonchev–Trinajstić information content (AvgIpc) is 2.39. The van der Waals surface area contributed by atoms with Crippen LogP contribution in [0.3, 0.4) is 0 Å². The fourth-order valence-corrected chi connectivity index (χ4v) is 1.97. The van der Waals surface area contributed by atoms with Crippen LogP contribution < -0.4 is 5.32 Å². The largest absolute Gasteiger partial charge is 0.395 e. The van der Waals surface area contributed by atoms with Gasteiger partial charge in [-0.2, -0.15) is 0 Å². The van der Waals surface area contributed by atoms with Crippen LogP contribution in [0.2, 0.25) is 0 Å². The number of rotatable bonds is 9. The normalized spacial score (nSPS) is 10.8. The van der Waals surface area contributed by atoms with E-state index in [0.29, 0.717) is 12.2 Å². The Hall–Kier alpha value is -1.46. The van der Waals surface area contributed by atoms with Crippen molar-refractivity contribution in [3.05, 3.63) is 30.1 Å². The molecular formula is C15H23FN2O2. The zero-order valence-electron chi connectivity index (χ0n) is 11.9. The van der Waals surface area contributed by atoms with Gasteiger partial charge in [-0.25, -0.2) is 4.39 Å². The van der Waals surface area contributed by atoms with E-state index in [1.165, 1.54) is 12.1 Å². The highest BCUT2D eigenvalue weighted by atomic mass is 19.1. The van der Waals surface area contributed by atoms with E-state index >= 15 is 0 Å². The number of carbonyl (C=O) groups excluding carboxylic acids is 1. The Morgan fingerprint density at radius 3 is 2.80 bits per heavy atom. The number of halogens is 1. The van der Waals surface area contributed by atoms with Gasteiger partial charge in [0.05, 0.1) is 13.2 Å². The zero-order valence-corrected chi connectivity index (χ0v) is 11.9. The first-order valence-electron chi connectivity index (χ1n) is 7.04. The molecule has 0 radical (unpaired) electrons. The van der Waals surface area contributed by atoms with Crippen LogP contribution in [0.15, 0.2) is 24.3 Å². The Kier molecular flexibility index (Phi) is 7.84. The number of hydrogen-bond acceptors (Lipinski definition) is 3. The van der Waals surface area contributed by atoms with Crippen molar-refractivity contribution >= 4 is 11.6 Å². The van der Waals surface area contributed by atoms with Crippen LogP contribution in [0.1, 0.15) is 26.2 Å². The third kappa shape index (κ3) is 6.63. The SMILES string of the molecule is CCCCCN(CCO)CC(=O)Nc1cccc(F)c1. The Bertz CT molecular complexity index is 413. The predicted molar refractivity (Wildman–Crippen MR) is 78.1 cm³/mol. The molecule has 0 aromatic heterocycles. The number of aliphatic hydroxyl groups is 1. The summed E-state index contributed by atoms with van der Waals surface area (Å²) in [7, 11) is 0. The second-order valence-corrected chi connectivity index (χ2v) is 4.77. The summed E-state index contributed by atoms with van der Waals surface area (Å²) in [4.78, 5) is 13.8. The summed E-state index contributed by atoms with van der Waals surface area (Å²) >= 11 is 0. The molecule has 1 rings (SSSR count). The highest BCUT2D eigenvalue weighted by Gasteiger charge is 2.10. The highest BCUT2D eigenvalue weighted by Crippen LogP contribution is 2.09. The minimum absolute atomic E-state index is 0.0272. The van der Waals surface area contributed by atoms with Gasteiger partial charge in [0.1, 0.15) is 5.82 Å². The van der Waals surface area contributed by atoms with Crippen LogP contribution in [-0.2, 0) is 4.79 Å². The molecule has 0 saturated carbocycles. The summed E-state index contributed by atoms with van der Waals surface area (Å²) in [6.45, 7) is 3.61. The Labute approximate surface area is 119 Å². The molecule has 0 unspecified atom stereocenters. The molecule has 0 heterocycles. The lowest BCUT2D eigenvalue weighted by atomic mass is 10.2. The Balaban J connectivity index is 2.44. The van der Waals surface area contributed by atoms with Crippen LogP contribution in [0.25, 0.3) is 0 Å². The molecule has 0 bridgehead atoms. The third-order valence-corrected chi connectivity index (χ3v) is 2.97. The fraction of sp³-hybridized carbons (Fsp3) is 0.533. The van der Waals surface area contributed by atoms with E-state index < -0.39 is 0 Å². The summed E-state index contributed by atoms with van der Waals surface area (Å²) in [5.41, 5.74) is 0.451. The molecule has 0 aliphatic rings. The molecule has 2 N–H and O–H groups in total. The molecule has 0 aliphatic carbocycles. The number of amides is 1. The summed E-state index contributed by atoms with van der Waals surface area (Å²) in [6, 6.07) is 5.82. The number of hydrogen-bond donors (Lipinski definition) is 2. The van der Waals surface area contributed by atoms with Gasteiger partial charge in [-0.1, -0.05) is 25.8 Å². The number of anilines is 1. The van der Waals surface area contributed by atoms with Crippen LogP contribution in [-0.4, -0.2) is 42.2 Å². The molecule has 5 heteroatoms. The van der Waals surface area contributed by atoms with Crippen molar-refractivity contribution in [3.63, 3.8) is 0 Å². The minimum atomic E-state index is -0.377. The van der Waals surface area contributed by atoms with Gasteiger partial charge in [0, 0.05) is 12.2 Å². The van der Waals surface area contributed by atoms with Crippen LogP contribution in [0.5, 0.6) is 0 Å². The molecule has 0 atom stereocenters. The fourth-order valence-electron chi connectivity index (χ4n) is 1.97. The lowest BCUT2D eigenvalue weighted by Gasteiger charge is -2.20. The predicted octanol–water partition coefficient (Wildman–Crippen LogP) is 2.25. The van der Waals surface area contributed by atoms with Gasteiger partial charge < -0.3 is 10.4 Å². The van der Waals surface area contributed by atoms with Crippen molar-refractivity contribution in [2.45, 2.75) is 26.2 Å². The first-order valence-corrected chi connectivity index (χ1v) is 7.04. The van der Waals surface area contributed by atoms with Crippen molar-refractivity contribution in [1.82, 2.24) is 4.90 Å². The second kappa shape index (κ2) is 9.44. The molecular weight excluding hydrogens is 259 g/mol. The van der Waals surface area contributed by atoms with Crippen molar-refractivity contribution in [2.75, 3.05) is 31.6 Å². The third-order valence-electron chi connectivity index (χ3n) is 2.97. The Morgan fingerprint density at radius 2 is 2.15 bits per heavy atom. The van der Waals surface area contributed by atoms with Gasteiger partial charge in [0.25, 0.3) is 0 Å². The topological polar surface area (TPSA) is 52.6 Å². The monoisotopic (exact) mass is 282 g/mol. The smallest absolute Gasteiger partial charge is 0.238 e. The molecule has 1 aromatic rings. The van der Waals surface area contributed by atoms with E-state index in [9.17, 15) is 9.18 Å². The quantitative estimate of drug-likeness (QED) is 0.683. The maximum atomic E-state index is 13.0. The van der Waals surface area contributed by atoms with Crippen molar-refractivity contribution in [2.24, 2.45) is 0 Å². The average molecular weight is 282 g/mol. The number of aliphatic hydroxyl groups excluding tert-OH is 1. The van der Waals surface area contributed by atoms with E-state index in [4.69, 9.17) is 5.11 Å². The number of benzene rings is 1. The Morgan fingerprint density at radius 1 is 1.35 bits per heavy atom. The summed E-state index contributed by atoms with van der Waals surface area (Å²) < 4.78 is 13.0. The van der Waals surface area contributed by atoms with Crippen molar-refractivity contribution < 1.29 is 14.3 Å². The van der Waals surface area contributed by atoms with Gasteiger partial charge >= 0.3 is 0 Å². The lowest BCUT2D eigenvalue weighted by Crippen LogP contribution is -2.36. The zero-order chi connectivity index (χ0) is 14.8. The van der Waals surface area contributed by atoms with Gasteiger partial charge in [-0.15, -0.1) is 0 Å². The molecule has 0 fully saturated rings. The number of unbranched alkanes of at least 4 members (excludes halogenated alkanes) is 2. The van der Waals surface area contributed by atoms with E-state index in [1.807, 2.05) is 4.90 Å². The van der Waals surface area contributed by atoms with Crippen LogP contribution >= 0.6 is 0 Å². The molecule has 4 nitrogen and oxygen atoms in total. The molecule has 112 valence electrons. The standard InChI is InChI=1S/C15H23FN2O2/c1-2-3-4-8-18(9-10-19)12-15(20)17-14-7-5-6-13(16)11-14/h5-7,11,19H,2-4,8-10,12H2,1H3,(H,17,20). The summed E-state index contributed by atoms with van der Waals surface area (Å²) in [6.07, 6.45) is 3.22. The van der Waals surface area contributed by atoms with Gasteiger partial charge in [0.2, 0.25) is 5.91 Å². The van der Waals surface area contributed by atoms with Crippen LogP contribution in [0, 0.1) is 5.82 Å². The molecule has 1 aromatic carbocycles. The van der Waals surface area contributed by atoms with Gasteiger partial charge in [-0.3, -0.25) is 9.69 Å². The molecule has 0 saturated heterocycles. The first-order chi connectivity index (χ1) is 9.65. The summed E-state index contributed by atoms with van der Waals surface area (Å²) in [5.74, 6) is -0.571. The second-order valence-electron chi connectivity index (χ2n) is 4.77. The number of nitrogens with one attached hydrogen (secondary N) is 1. The molecule has 20 heavy (non-hydrogen) atoms. The number of nitrogens with zero attached hydrogens (tertiary/aromatic N) is 1. The van der Waals surface area contributed by atoms with E-state index in [-0.39, 0.29) is 24.9 Å².